The van der Waals surface area contributed by atoms with Crippen LogP contribution in [0.3, 0.4) is 0 Å². The molecule has 0 heterocycles. The molecule has 2 aromatic rings. The first kappa shape index (κ1) is 17.0. The van der Waals surface area contributed by atoms with E-state index in [4.69, 9.17) is 0 Å². The van der Waals surface area contributed by atoms with E-state index in [1.165, 1.54) is 25.6 Å². The van der Waals surface area contributed by atoms with Gasteiger partial charge in [0, 0.05) is 20.5 Å². The Morgan fingerprint density at radius 1 is 1.10 bits per heavy atom. The van der Waals surface area contributed by atoms with Crippen molar-refractivity contribution in [3.63, 3.8) is 0 Å². The van der Waals surface area contributed by atoms with Crippen LogP contribution < -0.4 is 5.32 Å². The second kappa shape index (κ2) is 8.91. The summed E-state index contributed by atoms with van der Waals surface area (Å²) in [5.41, 5.74) is 2.79. The van der Waals surface area contributed by atoms with E-state index in [1.807, 2.05) is 0 Å². The lowest BCUT2D eigenvalue weighted by atomic mass is 9.92. The number of hydrogen-bond acceptors (Lipinski definition) is 1. The van der Waals surface area contributed by atoms with Crippen molar-refractivity contribution in [1.82, 2.24) is 5.32 Å². The zero-order valence-electron chi connectivity index (χ0n) is 12.3. The zero-order chi connectivity index (χ0) is 15.1. The zero-order valence-corrected chi connectivity index (χ0v) is 16.0. The van der Waals surface area contributed by atoms with Gasteiger partial charge in [-0.15, -0.1) is 0 Å². The van der Waals surface area contributed by atoms with Crippen molar-refractivity contribution in [2.75, 3.05) is 13.1 Å². The average molecular weight is 458 g/mol. The van der Waals surface area contributed by atoms with Gasteiger partial charge in [-0.05, 0) is 71.3 Å². The first-order valence-corrected chi connectivity index (χ1v) is 9.27. The minimum atomic E-state index is 0.493. The Hall–Kier alpha value is -0.390. The van der Waals surface area contributed by atoms with Crippen LogP contribution in [0.1, 0.15) is 30.4 Å². The molecule has 0 aromatic heterocycles. The van der Waals surface area contributed by atoms with Gasteiger partial charge < -0.3 is 5.32 Å². The summed E-state index contributed by atoms with van der Waals surface area (Å²) >= 11 is 6.06. The van der Waals surface area contributed by atoms with E-state index in [0.29, 0.717) is 5.92 Å². The SMILES string of the molecule is CCCNCC(Cc1ccc(I)cc1)c1ccccc1Br. The lowest BCUT2D eigenvalue weighted by Gasteiger charge is -2.20. The molecule has 1 unspecified atom stereocenters. The van der Waals surface area contributed by atoms with E-state index in [9.17, 15) is 0 Å². The molecule has 0 saturated heterocycles. The third-order valence-electron chi connectivity index (χ3n) is 3.56. The molecule has 0 amide bonds. The van der Waals surface area contributed by atoms with Crippen LogP contribution >= 0.6 is 38.5 Å². The van der Waals surface area contributed by atoms with Crippen LogP contribution in [0, 0.1) is 3.57 Å². The molecule has 0 aliphatic heterocycles. The van der Waals surface area contributed by atoms with Gasteiger partial charge in [0.05, 0.1) is 0 Å². The Morgan fingerprint density at radius 2 is 1.81 bits per heavy atom. The highest BCUT2D eigenvalue weighted by Crippen LogP contribution is 2.27. The molecule has 0 radical (unpaired) electrons. The molecule has 0 fully saturated rings. The minimum Gasteiger partial charge on any atom is -0.316 e. The van der Waals surface area contributed by atoms with Gasteiger partial charge in [-0.2, -0.15) is 0 Å². The van der Waals surface area contributed by atoms with Crippen molar-refractivity contribution in [1.29, 1.82) is 0 Å². The largest absolute Gasteiger partial charge is 0.316 e. The van der Waals surface area contributed by atoms with Crippen LogP contribution in [0.15, 0.2) is 53.0 Å². The van der Waals surface area contributed by atoms with Crippen molar-refractivity contribution < 1.29 is 0 Å². The van der Waals surface area contributed by atoms with Crippen LogP contribution in [-0.2, 0) is 6.42 Å². The molecule has 1 N–H and O–H groups in total. The fourth-order valence-electron chi connectivity index (χ4n) is 2.46. The molecule has 1 atom stereocenters. The molecule has 1 nitrogen and oxygen atoms in total. The van der Waals surface area contributed by atoms with Crippen LogP contribution in [0.5, 0.6) is 0 Å². The normalized spacial score (nSPS) is 12.3. The summed E-state index contributed by atoms with van der Waals surface area (Å²) in [4.78, 5) is 0. The third kappa shape index (κ3) is 5.38. The Morgan fingerprint density at radius 3 is 2.48 bits per heavy atom. The molecule has 0 aliphatic carbocycles. The summed E-state index contributed by atoms with van der Waals surface area (Å²) in [7, 11) is 0. The quantitative estimate of drug-likeness (QED) is 0.434. The maximum atomic E-state index is 3.70. The maximum absolute atomic E-state index is 3.70. The Balaban J connectivity index is 2.15. The molecule has 0 spiro atoms. The van der Waals surface area contributed by atoms with E-state index < -0.39 is 0 Å². The molecule has 2 rings (SSSR count). The number of benzene rings is 2. The second-order valence-electron chi connectivity index (χ2n) is 5.25. The first-order chi connectivity index (χ1) is 10.2. The fourth-order valence-corrected chi connectivity index (χ4v) is 3.42. The van der Waals surface area contributed by atoms with Gasteiger partial charge in [0.15, 0.2) is 0 Å². The van der Waals surface area contributed by atoms with Crippen molar-refractivity contribution in [3.8, 4) is 0 Å². The molecule has 0 aliphatic rings. The van der Waals surface area contributed by atoms with E-state index in [-0.39, 0.29) is 0 Å². The maximum Gasteiger partial charge on any atom is 0.0210 e. The van der Waals surface area contributed by atoms with Crippen molar-refractivity contribution in [2.24, 2.45) is 0 Å². The first-order valence-electron chi connectivity index (χ1n) is 7.40. The Labute approximate surface area is 149 Å². The van der Waals surface area contributed by atoms with E-state index in [1.54, 1.807) is 0 Å². The lowest BCUT2D eigenvalue weighted by Crippen LogP contribution is -2.24. The predicted octanol–water partition coefficient (Wildman–Crippen LogP) is 5.38. The van der Waals surface area contributed by atoms with E-state index in [2.05, 4.69) is 99.3 Å². The monoisotopic (exact) mass is 457 g/mol. The summed E-state index contributed by atoms with van der Waals surface area (Å²) in [5.74, 6) is 0.493. The summed E-state index contributed by atoms with van der Waals surface area (Å²) < 4.78 is 2.50. The molecule has 3 heteroatoms. The van der Waals surface area contributed by atoms with Gasteiger partial charge in [-0.3, -0.25) is 0 Å². The summed E-state index contributed by atoms with van der Waals surface area (Å²) in [6, 6.07) is 17.4. The predicted molar refractivity (Wildman–Crippen MR) is 103 cm³/mol. The van der Waals surface area contributed by atoms with Crippen molar-refractivity contribution in [3.05, 3.63) is 67.7 Å². The standard InChI is InChI=1S/C18H21BrIN/c1-2-11-21-13-15(17-5-3-4-6-18(17)19)12-14-7-9-16(20)10-8-14/h3-10,15,21H,2,11-13H2,1H3. The average Bonchev–Trinajstić information content (AvgIpc) is 2.49. The van der Waals surface area contributed by atoms with Crippen LogP contribution in [0.2, 0.25) is 0 Å². The smallest absolute Gasteiger partial charge is 0.0210 e. The fraction of sp³-hybridized carbons (Fsp3) is 0.333. The topological polar surface area (TPSA) is 12.0 Å². The highest BCUT2D eigenvalue weighted by Gasteiger charge is 2.14. The highest BCUT2D eigenvalue weighted by molar-refractivity contribution is 14.1. The molecule has 112 valence electrons. The number of nitrogens with one attached hydrogen (secondary N) is 1. The number of halogens is 2. The number of rotatable bonds is 7. The molecular formula is C18H21BrIN. The Bertz CT molecular complexity index is 553. The van der Waals surface area contributed by atoms with Gasteiger partial charge in [0.25, 0.3) is 0 Å². The van der Waals surface area contributed by atoms with Crippen LogP contribution in [-0.4, -0.2) is 13.1 Å². The lowest BCUT2D eigenvalue weighted by molar-refractivity contribution is 0.575. The van der Waals surface area contributed by atoms with Gasteiger partial charge in [0.2, 0.25) is 0 Å². The van der Waals surface area contributed by atoms with Crippen LogP contribution in [0.25, 0.3) is 0 Å². The van der Waals surface area contributed by atoms with Crippen molar-refractivity contribution in [2.45, 2.75) is 25.7 Å². The summed E-state index contributed by atoms with van der Waals surface area (Å²) in [5, 5.41) is 3.57. The molecule has 0 bridgehead atoms. The van der Waals surface area contributed by atoms with Gasteiger partial charge in [-0.1, -0.05) is 53.2 Å². The molecule has 21 heavy (non-hydrogen) atoms. The highest BCUT2D eigenvalue weighted by atomic mass is 127. The van der Waals surface area contributed by atoms with Gasteiger partial charge >= 0.3 is 0 Å². The van der Waals surface area contributed by atoms with Crippen LogP contribution in [0.4, 0.5) is 0 Å². The summed E-state index contributed by atoms with van der Waals surface area (Å²) in [6.45, 7) is 4.30. The van der Waals surface area contributed by atoms with E-state index >= 15 is 0 Å². The number of hydrogen-bond donors (Lipinski definition) is 1. The molecular weight excluding hydrogens is 437 g/mol. The molecule has 0 saturated carbocycles. The molecule has 2 aromatic carbocycles. The van der Waals surface area contributed by atoms with Gasteiger partial charge in [-0.25, -0.2) is 0 Å². The van der Waals surface area contributed by atoms with Gasteiger partial charge in [0.1, 0.15) is 0 Å². The van der Waals surface area contributed by atoms with Crippen molar-refractivity contribution >= 4 is 38.5 Å². The third-order valence-corrected chi connectivity index (χ3v) is 5.00. The van der Waals surface area contributed by atoms with E-state index in [0.717, 1.165) is 19.5 Å². The Kier molecular flexibility index (Phi) is 7.20. The summed E-state index contributed by atoms with van der Waals surface area (Å²) in [6.07, 6.45) is 2.24. The second-order valence-corrected chi connectivity index (χ2v) is 7.35. The minimum absolute atomic E-state index is 0.493.